The standard InChI is InChI=1S/C18H18BrClN2O3/c1-22(2)18-13(20)4-3-5-14(18)21-17(23)9-11-8-15-16(10-12(11)19)25-7-6-24-15/h3-5,8,10H,6-7,9H2,1-2H3,(H,21,23). The largest absolute Gasteiger partial charge is 0.486 e. The van der Waals surface area contributed by atoms with Gasteiger partial charge in [0.05, 0.1) is 22.8 Å². The molecule has 5 nitrogen and oxygen atoms in total. The third-order valence-electron chi connectivity index (χ3n) is 3.77. The summed E-state index contributed by atoms with van der Waals surface area (Å²) >= 11 is 9.74. The van der Waals surface area contributed by atoms with E-state index < -0.39 is 0 Å². The molecule has 0 atom stereocenters. The lowest BCUT2D eigenvalue weighted by Gasteiger charge is -2.21. The maximum atomic E-state index is 12.5. The Labute approximate surface area is 160 Å². The van der Waals surface area contributed by atoms with E-state index >= 15 is 0 Å². The van der Waals surface area contributed by atoms with E-state index in [-0.39, 0.29) is 12.3 Å². The van der Waals surface area contributed by atoms with Gasteiger partial charge in [-0.1, -0.05) is 33.6 Å². The first-order valence-electron chi connectivity index (χ1n) is 7.79. The molecule has 1 N–H and O–H groups in total. The quantitative estimate of drug-likeness (QED) is 0.800. The van der Waals surface area contributed by atoms with Crippen molar-refractivity contribution >= 4 is 44.8 Å². The van der Waals surface area contributed by atoms with Crippen LogP contribution in [0.25, 0.3) is 0 Å². The monoisotopic (exact) mass is 424 g/mol. The number of nitrogens with one attached hydrogen (secondary N) is 1. The Morgan fingerprint density at radius 2 is 1.92 bits per heavy atom. The van der Waals surface area contributed by atoms with Crippen LogP contribution >= 0.6 is 27.5 Å². The average Bonchev–Trinajstić information content (AvgIpc) is 2.55. The normalized spacial score (nSPS) is 12.6. The van der Waals surface area contributed by atoms with Gasteiger partial charge in [0.2, 0.25) is 5.91 Å². The van der Waals surface area contributed by atoms with Crippen molar-refractivity contribution < 1.29 is 14.3 Å². The van der Waals surface area contributed by atoms with Crippen LogP contribution in [0.1, 0.15) is 5.56 Å². The van der Waals surface area contributed by atoms with E-state index in [4.69, 9.17) is 21.1 Å². The van der Waals surface area contributed by atoms with E-state index in [1.165, 1.54) is 0 Å². The van der Waals surface area contributed by atoms with Crippen LogP contribution < -0.4 is 19.7 Å². The number of nitrogens with zero attached hydrogens (tertiary/aromatic N) is 1. The summed E-state index contributed by atoms with van der Waals surface area (Å²) in [5.41, 5.74) is 2.28. The van der Waals surface area contributed by atoms with Gasteiger partial charge in [-0.15, -0.1) is 0 Å². The average molecular weight is 426 g/mol. The number of rotatable bonds is 4. The fraction of sp³-hybridized carbons (Fsp3) is 0.278. The first kappa shape index (κ1) is 17.9. The summed E-state index contributed by atoms with van der Waals surface area (Å²) in [5, 5.41) is 3.52. The van der Waals surface area contributed by atoms with Gasteiger partial charge in [0.15, 0.2) is 11.5 Å². The molecule has 25 heavy (non-hydrogen) atoms. The van der Waals surface area contributed by atoms with E-state index in [9.17, 15) is 4.79 Å². The molecule has 0 aliphatic carbocycles. The first-order valence-corrected chi connectivity index (χ1v) is 8.96. The van der Waals surface area contributed by atoms with Gasteiger partial charge >= 0.3 is 0 Å². The lowest BCUT2D eigenvalue weighted by Crippen LogP contribution is -2.19. The molecule has 0 aromatic heterocycles. The zero-order valence-electron chi connectivity index (χ0n) is 13.9. The predicted molar refractivity (Wildman–Crippen MR) is 103 cm³/mol. The van der Waals surface area contributed by atoms with Crippen LogP contribution in [0.2, 0.25) is 5.02 Å². The van der Waals surface area contributed by atoms with E-state index in [1.54, 1.807) is 6.07 Å². The number of fused-ring (bicyclic) bond motifs is 1. The van der Waals surface area contributed by atoms with Gasteiger partial charge < -0.3 is 19.7 Å². The molecule has 132 valence electrons. The number of anilines is 2. The highest BCUT2D eigenvalue weighted by atomic mass is 79.9. The zero-order valence-corrected chi connectivity index (χ0v) is 16.3. The summed E-state index contributed by atoms with van der Waals surface area (Å²) < 4.78 is 11.9. The SMILES string of the molecule is CN(C)c1c(Cl)cccc1NC(=O)Cc1cc2c(cc1Br)OCCO2. The van der Waals surface area contributed by atoms with Gasteiger partial charge in [0.1, 0.15) is 13.2 Å². The molecular weight excluding hydrogens is 408 g/mol. The van der Waals surface area contributed by atoms with E-state index in [2.05, 4.69) is 21.2 Å². The molecule has 0 radical (unpaired) electrons. The maximum Gasteiger partial charge on any atom is 0.228 e. The zero-order chi connectivity index (χ0) is 18.0. The van der Waals surface area contributed by atoms with Gasteiger partial charge in [-0.2, -0.15) is 0 Å². The molecule has 2 aromatic rings. The summed E-state index contributed by atoms with van der Waals surface area (Å²) in [6.07, 6.45) is 0.205. The van der Waals surface area contributed by atoms with Gasteiger partial charge in [-0.05, 0) is 29.8 Å². The number of benzene rings is 2. The molecule has 0 saturated carbocycles. The fourth-order valence-electron chi connectivity index (χ4n) is 2.68. The third kappa shape index (κ3) is 4.02. The highest BCUT2D eigenvalue weighted by Gasteiger charge is 2.18. The maximum absolute atomic E-state index is 12.5. The molecule has 1 heterocycles. The Balaban J connectivity index is 1.79. The summed E-state index contributed by atoms with van der Waals surface area (Å²) in [7, 11) is 3.77. The molecule has 0 unspecified atom stereocenters. The molecule has 0 bridgehead atoms. The minimum atomic E-state index is -0.136. The summed E-state index contributed by atoms with van der Waals surface area (Å²) in [5.74, 6) is 1.21. The molecule has 1 aliphatic heterocycles. The molecular formula is C18H18BrClN2O3. The number of hydrogen-bond acceptors (Lipinski definition) is 4. The lowest BCUT2D eigenvalue weighted by atomic mass is 10.1. The van der Waals surface area contributed by atoms with Crippen molar-refractivity contribution in [1.82, 2.24) is 0 Å². The van der Waals surface area contributed by atoms with Crippen molar-refractivity contribution in [2.24, 2.45) is 0 Å². The second-order valence-corrected chi connectivity index (χ2v) is 7.10. The molecule has 3 rings (SSSR count). The van der Waals surface area contributed by atoms with Crippen molar-refractivity contribution in [3.05, 3.63) is 45.4 Å². The van der Waals surface area contributed by atoms with Crippen LogP contribution in [0.15, 0.2) is 34.8 Å². The summed E-state index contributed by atoms with van der Waals surface area (Å²) in [6.45, 7) is 1.04. The number of para-hydroxylation sites is 1. The third-order valence-corrected chi connectivity index (χ3v) is 4.81. The van der Waals surface area contributed by atoms with Crippen molar-refractivity contribution in [3.8, 4) is 11.5 Å². The molecule has 0 spiro atoms. The van der Waals surface area contributed by atoms with Crippen molar-refractivity contribution in [3.63, 3.8) is 0 Å². The second-order valence-electron chi connectivity index (χ2n) is 5.84. The highest BCUT2D eigenvalue weighted by Crippen LogP contribution is 2.36. The number of halogens is 2. The van der Waals surface area contributed by atoms with Crippen LogP contribution in [0, 0.1) is 0 Å². The fourth-order valence-corrected chi connectivity index (χ4v) is 3.49. The number of amides is 1. The van der Waals surface area contributed by atoms with E-state index in [0.29, 0.717) is 35.4 Å². The molecule has 0 fully saturated rings. The summed E-state index contributed by atoms with van der Waals surface area (Å²) in [6, 6.07) is 9.11. The van der Waals surface area contributed by atoms with Crippen LogP contribution in [0.3, 0.4) is 0 Å². The summed E-state index contributed by atoms with van der Waals surface area (Å²) in [4.78, 5) is 14.4. The smallest absolute Gasteiger partial charge is 0.228 e. The number of hydrogen-bond donors (Lipinski definition) is 1. The van der Waals surface area contributed by atoms with Gasteiger partial charge in [0.25, 0.3) is 0 Å². The minimum absolute atomic E-state index is 0.136. The van der Waals surface area contributed by atoms with Gasteiger partial charge in [-0.3, -0.25) is 4.79 Å². The highest BCUT2D eigenvalue weighted by molar-refractivity contribution is 9.10. The Bertz CT molecular complexity index is 811. The Morgan fingerprint density at radius 1 is 1.24 bits per heavy atom. The van der Waals surface area contributed by atoms with Crippen molar-refractivity contribution in [1.29, 1.82) is 0 Å². The number of carbonyl (C=O) groups excluding carboxylic acids is 1. The molecule has 0 saturated heterocycles. The van der Waals surface area contributed by atoms with Crippen molar-refractivity contribution in [2.45, 2.75) is 6.42 Å². The second kappa shape index (κ2) is 7.54. The molecule has 1 aliphatic rings. The number of carbonyl (C=O) groups is 1. The molecule has 7 heteroatoms. The van der Waals surface area contributed by atoms with Crippen LogP contribution in [-0.2, 0) is 11.2 Å². The Morgan fingerprint density at radius 3 is 2.60 bits per heavy atom. The van der Waals surface area contributed by atoms with E-state index in [1.807, 2.05) is 43.3 Å². The van der Waals surface area contributed by atoms with Gasteiger partial charge in [0, 0.05) is 18.6 Å². The van der Waals surface area contributed by atoms with Crippen LogP contribution in [-0.4, -0.2) is 33.2 Å². The number of ether oxygens (including phenoxy) is 2. The predicted octanol–water partition coefficient (Wildman–Crippen LogP) is 4.12. The Hall–Kier alpha value is -1.92. The molecule has 2 aromatic carbocycles. The van der Waals surface area contributed by atoms with Crippen LogP contribution in [0.5, 0.6) is 11.5 Å². The van der Waals surface area contributed by atoms with Crippen LogP contribution in [0.4, 0.5) is 11.4 Å². The van der Waals surface area contributed by atoms with Gasteiger partial charge in [-0.25, -0.2) is 0 Å². The first-order chi connectivity index (χ1) is 12.0. The molecule has 1 amide bonds. The Kier molecular flexibility index (Phi) is 5.39. The van der Waals surface area contributed by atoms with Crippen molar-refractivity contribution in [2.75, 3.05) is 37.5 Å². The lowest BCUT2D eigenvalue weighted by molar-refractivity contribution is -0.115. The topological polar surface area (TPSA) is 50.8 Å². The minimum Gasteiger partial charge on any atom is -0.486 e. The van der Waals surface area contributed by atoms with E-state index in [0.717, 1.165) is 15.7 Å².